The van der Waals surface area contributed by atoms with Crippen LogP contribution in [0.15, 0.2) is 0 Å². The third kappa shape index (κ3) is 4.30. The van der Waals surface area contributed by atoms with E-state index in [0.29, 0.717) is 6.42 Å². The second-order valence-electron chi connectivity index (χ2n) is 2.28. The van der Waals surface area contributed by atoms with Crippen molar-refractivity contribution in [2.24, 2.45) is 0 Å². The fourth-order valence-corrected chi connectivity index (χ4v) is 0.749. The third-order valence-electron chi connectivity index (χ3n) is 1.46. The molecule has 5 heteroatoms. The summed E-state index contributed by atoms with van der Waals surface area (Å²) in [6.45, 7) is 1.68. The Morgan fingerprint density at radius 2 is 2.27 bits per heavy atom. The third-order valence-corrected chi connectivity index (χ3v) is 1.46. The summed E-state index contributed by atoms with van der Waals surface area (Å²) in [6, 6.07) is -0.703. The van der Waals surface area contributed by atoms with Gasteiger partial charge in [0.2, 0.25) is 6.04 Å². The van der Waals surface area contributed by atoms with E-state index in [4.69, 9.17) is 5.11 Å². The molecule has 0 saturated heterocycles. The maximum atomic E-state index is 10.2. The molecule has 0 aromatic heterocycles. The Bertz CT molecular complexity index is 157. The lowest BCUT2D eigenvalue weighted by Crippen LogP contribution is -2.19. The van der Waals surface area contributed by atoms with E-state index >= 15 is 0 Å². The number of rotatable bonds is 5. The average molecular weight is 161 g/mol. The highest BCUT2D eigenvalue weighted by molar-refractivity contribution is 5.66. The Morgan fingerprint density at radius 3 is 2.55 bits per heavy atom. The Morgan fingerprint density at radius 1 is 1.73 bits per heavy atom. The van der Waals surface area contributed by atoms with Gasteiger partial charge in [-0.05, 0) is 0 Å². The second kappa shape index (κ2) is 4.65. The van der Waals surface area contributed by atoms with E-state index in [0.717, 1.165) is 0 Å². The van der Waals surface area contributed by atoms with Crippen molar-refractivity contribution >= 4 is 5.97 Å². The lowest BCUT2D eigenvalue weighted by molar-refractivity contribution is -0.523. The summed E-state index contributed by atoms with van der Waals surface area (Å²) in [5, 5.41) is 18.4. The van der Waals surface area contributed by atoms with E-state index in [1.807, 2.05) is 0 Å². The number of aliphatic carboxylic acids is 1. The molecule has 1 atom stereocenters. The minimum atomic E-state index is -0.981. The molecule has 11 heavy (non-hydrogen) atoms. The van der Waals surface area contributed by atoms with Crippen LogP contribution in [0, 0.1) is 10.1 Å². The fourth-order valence-electron chi connectivity index (χ4n) is 0.749. The van der Waals surface area contributed by atoms with Crippen LogP contribution in [0.4, 0.5) is 0 Å². The zero-order valence-electron chi connectivity index (χ0n) is 6.32. The molecule has 0 rings (SSSR count). The van der Waals surface area contributed by atoms with Crippen LogP contribution in [0.25, 0.3) is 0 Å². The van der Waals surface area contributed by atoms with Crippen LogP contribution in [0.5, 0.6) is 0 Å². The minimum Gasteiger partial charge on any atom is -0.481 e. The van der Waals surface area contributed by atoms with Gasteiger partial charge in [-0.2, -0.15) is 0 Å². The molecule has 0 fully saturated rings. The SMILES string of the molecule is CC[C@H](CCC(=O)O)[N+](=O)[O-]. The van der Waals surface area contributed by atoms with E-state index in [-0.39, 0.29) is 12.8 Å². The smallest absolute Gasteiger partial charge is 0.303 e. The molecule has 5 nitrogen and oxygen atoms in total. The lowest BCUT2D eigenvalue weighted by Gasteiger charge is -2.03. The van der Waals surface area contributed by atoms with Gasteiger partial charge < -0.3 is 5.11 Å². The van der Waals surface area contributed by atoms with Crippen molar-refractivity contribution in [3.63, 3.8) is 0 Å². The predicted octanol–water partition coefficient (Wildman–Crippen LogP) is 0.906. The number of carboxylic acid groups (broad SMARTS) is 1. The van der Waals surface area contributed by atoms with E-state index in [1.54, 1.807) is 6.92 Å². The van der Waals surface area contributed by atoms with E-state index in [1.165, 1.54) is 0 Å². The summed E-state index contributed by atoms with van der Waals surface area (Å²) in [6.07, 6.45) is 0.387. The van der Waals surface area contributed by atoms with Gasteiger partial charge in [0.25, 0.3) is 0 Å². The summed E-state index contributed by atoms with van der Waals surface area (Å²) in [4.78, 5) is 19.7. The van der Waals surface area contributed by atoms with Crippen molar-refractivity contribution in [2.75, 3.05) is 0 Å². The molecule has 1 N–H and O–H groups in total. The van der Waals surface area contributed by atoms with Crippen LogP contribution in [0.2, 0.25) is 0 Å². The van der Waals surface area contributed by atoms with Gasteiger partial charge in [-0.1, -0.05) is 6.92 Å². The van der Waals surface area contributed by atoms with E-state index in [9.17, 15) is 14.9 Å². The van der Waals surface area contributed by atoms with Gasteiger partial charge in [0.15, 0.2) is 0 Å². The summed E-state index contributed by atoms with van der Waals surface area (Å²) in [5.41, 5.74) is 0. The van der Waals surface area contributed by atoms with Crippen molar-refractivity contribution in [2.45, 2.75) is 32.2 Å². The fraction of sp³-hybridized carbons (Fsp3) is 0.833. The first-order valence-electron chi connectivity index (χ1n) is 3.43. The quantitative estimate of drug-likeness (QED) is 0.480. The molecule has 0 aliphatic rings. The minimum absolute atomic E-state index is 0.124. The summed E-state index contributed by atoms with van der Waals surface area (Å²) < 4.78 is 0. The van der Waals surface area contributed by atoms with Gasteiger partial charge >= 0.3 is 5.97 Å². The highest BCUT2D eigenvalue weighted by Crippen LogP contribution is 2.04. The molecule has 0 aromatic carbocycles. The standard InChI is InChI=1S/C6H11NO4/c1-2-5(7(10)11)3-4-6(8)9/h5H,2-4H2,1H3,(H,8,9)/t5-/m1/s1. The normalized spacial score (nSPS) is 12.5. The molecular weight excluding hydrogens is 150 g/mol. The molecular formula is C6H11NO4. The average Bonchev–Trinajstić information content (AvgIpc) is 1.87. The van der Waals surface area contributed by atoms with Crippen molar-refractivity contribution in [1.29, 1.82) is 0 Å². The Hall–Kier alpha value is -1.13. The van der Waals surface area contributed by atoms with Crippen LogP contribution in [0.1, 0.15) is 26.2 Å². The first kappa shape index (κ1) is 9.87. The molecule has 0 aliphatic heterocycles. The number of nitro groups is 1. The molecule has 64 valence electrons. The van der Waals surface area contributed by atoms with Crippen LogP contribution in [-0.4, -0.2) is 22.0 Å². The van der Waals surface area contributed by atoms with Gasteiger partial charge in [0.05, 0.1) is 6.42 Å². The molecule has 0 heterocycles. The van der Waals surface area contributed by atoms with Crippen LogP contribution in [-0.2, 0) is 4.79 Å². The van der Waals surface area contributed by atoms with Crippen molar-refractivity contribution in [3.8, 4) is 0 Å². The first-order chi connectivity index (χ1) is 5.07. The Kier molecular flexibility index (Phi) is 4.17. The zero-order chi connectivity index (χ0) is 8.85. The van der Waals surface area contributed by atoms with Crippen LogP contribution < -0.4 is 0 Å². The number of nitrogens with zero attached hydrogens (tertiary/aromatic N) is 1. The Labute approximate surface area is 64.2 Å². The van der Waals surface area contributed by atoms with Gasteiger partial charge in [-0.25, -0.2) is 0 Å². The van der Waals surface area contributed by atoms with Gasteiger partial charge in [0, 0.05) is 17.8 Å². The molecule has 0 bridgehead atoms. The Balaban J connectivity index is 3.70. The van der Waals surface area contributed by atoms with E-state index in [2.05, 4.69) is 0 Å². The topological polar surface area (TPSA) is 80.4 Å². The molecule has 0 spiro atoms. The number of hydrogen-bond donors (Lipinski definition) is 1. The zero-order valence-corrected chi connectivity index (χ0v) is 6.32. The summed E-state index contributed by atoms with van der Waals surface area (Å²) in [7, 11) is 0. The molecule has 0 amide bonds. The van der Waals surface area contributed by atoms with Crippen molar-refractivity contribution in [1.82, 2.24) is 0 Å². The van der Waals surface area contributed by atoms with E-state index < -0.39 is 16.9 Å². The molecule has 0 radical (unpaired) electrons. The van der Waals surface area contributed by atoms with Crippen molar-refractivity contribution in [3.05, 3.63) is 10.1 Å². The lowest BCUT2D eigenvalue weighted by atomic mass is 10.1. The number of carboxylic acids is 1. The van der Waals surface area contributed by atoms with Gasteiger partial charge in [-0.3, -0.25) is 14.9 Å². The predicted molar refractivity (Wildman–Crippen MR) is 37.9 cm³/mol. The number of carbonyl (C=O) groups is 1. The first-order valence-corrected chi connectivity index (χ1v) is 3.43. The molecule has 0 unspecified atom stereocenters. The van der Waals surface area contributed by atoms with Crippen molar-refractivity contribution < 1.29 is 14.8 Å². The maximum Gasteiger partial charge on any atom is 0.303 e. The number of hydrogen-bond acceptors (Lipinski definition) is 3. The summed E-state index contributed by atoms with van der Waals surface area (Å²) >= 11 is 0. The second-order valence-corrected chi connectivity index (χ2v) is 2.28. The monoisotopic (exact) mass is 161 g/mol. The van der Waals surface area contributed by atoms with Gasteiger partial charge in [0.1, 0.15) is 0 Å². The molecule has 0 aliphatic carbocycles. The highest BCUT2D eigenvalue weighted by Gasteiger charge is 2.17. The van der Waals surface area contributed by atoms with Crippen LogP contribution >= 0.6 is 0 Å². The summed E-state index contributed by atoms with van der Waals surface area (Å²) in [5.74, 6) is -0.981. The maximum absolute atomic E-state index is 10.2. The molecule has 0 saturated carbocycles. The largest absolute Gasteiger partial charge is 0.481 e. The molecule has 0 aromatic rings. The van der Waals surface area contributed by atoms with Crippen LogP contribution in [0.3, 0.4) is 0 Å². The van der Waals surface area contributed by atoms with Gasteiger partial charge in [-0.15, -0.1) is 0 Å². The highest BCUT2D eigenvalue weighted by atomic mass is 16.6.